The summed E-state index contributed by atoms with van der Waals surface area (Å²) in [5, 5.41) is 0.224. The summed E-state index contributed by atoms with van der Waals surface area (Å²) in [5.41, 5.74) is 0.679. The van der Waals surface area contributed by atoms with E-state index in [1.165, 1.54) is 24.4 Å². The SMILES string of the molecule is Cc1cnc(Cl)cc1Oc1cccc(F)c1F. The Morgan fingerprint density at radius 3 is 2.76 bits per heavy atom. The van der Waals surface area contributed by atoms with Gasteiger partial charge in [0.05, 0.1) is 0 Å². The first-order chi connectivity index (χ1) is 8.08. The zero-order valence-corrected chi connectivity index (χ0v) is 9.63. The second kappa shape index (κ2) is 4.67. The van der Waals surface area contributed by atoms with E-state index >= 15 is 0 Å². The van der Waals surface area contributed by atoms with Crippen molar-refractivity contribution in [2.75, 3.05) is 0 Å². The number of hydrogen-bond acceptors (Lipinski definition) is 2. The number of aromatic nitrogens is 1. The van der Waals surface area contributed by atoms with E-state index < -0.39 is 11.6 Å². The van der Waals surface area contributed by atoms with Crippen LogP contribution in [0.5, 0.6) is 11.5 Å². The third-order valence-electron chi connectivity index (χ3n) is 2.16. The molecule has 0 amide bonds. The monoisotopic (exact) mass is 255 g/mol. The maximum Gasteiger partial charge on any atom is 0.201 e. The maximum absolute atomic E-state index is 13.4. The van der Waals surface area contributed by atoms with Crippen LogP contribution in [-0.2, 0) is 0 Å². The second-order valence-electron chi connectivity index (χ2n) is 3.43. The Bertz CT molecular complexity index is 560. The molecule has 1 heterocycles. The van der Waals surface area contributed by atoms with Crippen LogP contribution >= 0.6 is 11.6 Å². The Labute approximate surface area is 102 Å². The highest BCUT2D eigenvalue weighted by Crippen LogP contribution is 2.29. The number of ether oxygens (including phenoxy) is 1. The minimum Gasteiger partial charge on any atom is -0.454 e. The molecule has 88 valence electrons. The van der Waals surface area contributed by atoms with E-state index in [9.17, 15) is 8.78 Å². The van der Waals surface area contributed by atoms with Crippen molar-refractivity contribution in [2.45, 2.75) is 6.92 Å². The largest absolute Gasteiger partial charge is 0.454 e. The third-order valence-corrected chi connectivity index (χ3v) is 2.36. The molecule has 1 aromatic carbocycles. The average molecular weight is 256 g/mol. The van der Waals surface area contributed by atoms with Gasteiger partial charge in [0.25, 0.3) is 0 Å². The molecule has 0 fully saturated rings. The van der Waals surface area contributed by atoms with Crippen molar-refractivity contribution in [3.63, 3.8) is 0 Å². The van der Waals surface area contributed by atoms with Crippen LogP contribution in [0.3, 0.4) is 0 Å². The van der Waals surface area contributed by atoms with E-state index in [0.717, 1.165) is 6.07 Å². The molecule has 0 saturated carbocycles. The Kier molecular flexibility index (Phi) is 3.24. The molecule has 0 bridgehead atoms. The summed E-state index contributed by atoms with van der Waals surface area (Å²) in [6, 6.07) is 5.17. The van der Waals surface area contributed by atoms with Gasteiger partial charge in [-0.25, -0.2) is 9.37 Å². The molecule has 2 aromatic rings. The van der Waals surface area contributed by atoms with E-state index in [0.29, 0.717) is 11.3 Å². The summed E-state index contributed by atoms with van der Waals surface area (Å²) < 4.78 is 31.6. The quantitative estimate of drug-likeness (QED) is 0.754. The van der Waals surface area contributed by atoms with Gasteiger partial charge in [-0.2, -0.15) is 4.39 Å². The van der Waals surface area contributed by atoms with Crippen LogP contribution in [-0.4, -0.2) is 4.98 Å². The first kappa shape index (κ1) is 11.8. The van der Waals surface area contributed by atoms with Crippen molar-refractivity contribution < 1.29 is 13.5 Å². The smallest absolute Gasteiger partial charge is 0.201 e. The normalized spacial score (nSPS) is 10.4. The van der Waals surface area contributed by atoms with Crippen LogP contribution < -0.4 is 4.74 Å². The van der Waals surface area contributed by atoms with Gasteiger partial charge in [-0.15, -0.1) is 0 Å². The van der Waals surface area contributed by atoms with Crippen molar-refractivity contribution >= 4 is 11.6 Å². The zero-order chi connectivity index (χ0) is 12.4. The van der Waals surface area contributed by atoms with E-state index in [1.54, 1.807) is 6.92 Å². The summed E-state index contributed by atoms with van der Waals surface area (Å²) in [6.07, 6.45) is 1.49. The Hall–Kier alpha value is -1.68. The number of halogens is 3. The lowest BCUT2D eigenvalue weighted by atomic mass is 10.3. The van der Waals surface area contributed by atoms with Crippen molar-refractivity contribution in [1.82, 2.24) is 4.98 Å². The molecule has 17 heavy (non-hydrogen) atoms. The molecule has 5 heteroatoms. The lowest BCUT2D eigenvalue weighted by molar-refractivity contribution is 0.414. The Balaban J connectivity index is 2.38. The topological polar surface area (TPSA) is 22.1 Å². The van der Waals surface area contributed by atoms with Crippen LogP contribution in [0.4, 0.5) is 8.78 Å². The van der Waals surface area contributed by atoms with E-state index in [4.69, 9.17) is 16.3 Å². The molecule has 0 N–H and O–H groups in total. The van der Waals surface area contributed by atoms with Crippen LogP contribution in [0.2, 0.25) is 5.15 Å². The summed E-state index contributed by atoms with van der Waals surface area (Å²) in [4.78, 5) is 3.84. The molecule has 1 aromatic heterocycles. The Morgan fingerprint density at radius 2 is 2.00 bits per heavy atom. The highest BCUT2D eigenvalue weighted by atomic mass is 35.5. The van der Waals surface area contributed by atoms with E-state index in [1.807, 2.05) is 0 Å². The van der Waals surface area contributed by atoms with Gasteiger partial charge in [-0.05, 0) is 19.1 Å². The van der Waals surface area contributed by atoms with Crippen LogP contribution in [0, 0.1) is 18.6 Å². The summed E-state index contributed by atoms with van der Waals surface area (Å²) in [5.74, 6) is -1.83. The molecule has 0 aliphatic carbocycles. The second-order valence-corrected chi connectivity index (χ2v) is 3.81. The minimum absolute atomic E-state index is 0.185. The molecule has 0 saturated heterocycles. The first-order valence-electron chi connectivity index (χ1n) is 4.82. The van der Waals surface area contributed by atoms with Gasteiger partial charge < -0.3 is 4.74 Å². The molecule has 0 radical (unpaired) electrons. The molecule has 2 nitrogen and oxygen atoms in total. The molecule has 0 unspecified atom stereocenters. The van der Waals surface area contributed by atoms with Crippen molar-refractivity contribution in [2.24, 2.45) is 0 Å². The molecule has 0 spiro atoms. The highest BCUT2D eigenvalue weighted by Gasteiger charge is 2.11. The van der Waals surface area contributed by atoms with Crippen molar-refractivity contribution in [3.8, 4) is 11.5 Å². The standard InChI is InChI=1S/C12H8ClF2NO/c1-7-6-16-11(13)5-10(7)17-9-4-2-3-8(14)12(9)15/h2-6H,1H3. The zero-order valence-electron chi connectivity index (χ0n) is 8.88. The van der Waals surface area contributed by atoms with Gasteiger partial charge in [0.2, 0.25) is 5.82 Å². The van der Waals surface area contributed by atoms with Crippen molar-refractivity contribution in [3.05, 3.63) is 52.8 Å². The number of rotatable bonds is 2. The maximum atomic E-state index is 13.4. The predicted octanol–water partition coefficient (Wildman–Crippen LogP) is 4.11. The lowest BCUT2D eigenvalue weighted by Crippen LogP contribution is -1.93. The number of pyridine rings is 1. The van der Waals surface area contributed by atoms with E-state index in [2.05, 4.69) is 4.98 Å². The van der Waals surface area contributed by atoms with Gasteiger partial charge in [0.15, 0.2) is 11.6 Å². The molecule has 0 atom stereocenters. The minimum atomic E-state index is -1.03. The number of nitrogens with zero attached hydrogens (tertiary/aromatic N) is 1. The van der Waals surface area contributed by atoms with Crippen LogP contribution in [0.25, 0.3) is 0 Å². The van der Waals surface area contributed by atoms with Crippen LogP contribution in [0.1, 0.15) is 5.56 Å². The third kappa shape index (κ3) is 2.53. The first-order valence-corrected chi connectivity index (χ1v) is 5.20. The Morgan fingerprint density at radius 1 is 1.24 bits per heavy atom. The van der Waals surface area contributed by atoms with Gasteiger partial charge in [0.1, 0.15) is 10.9 Å². The fourth-order valence-electron chi connectivity index (χ4n) is 1.27. The average Bonchev–Trinajstić information content (AvgIpc) is 2.30. The molecular weight excluding hydrogens is 248 g/mol. The highest BCUT2D eigenvalue weighted by molar-refractivity contribution is 6.29. The fraction of sp³-hybridized carbons (Fsp3) is 0.0833. The fourth-order valence-corrected chi connectivity index (χ4v) is 1.42. The van der Waals surface area contributed by atoms with E-state index in [-0.39, 0.29) is 10.9 Å². The van der Waals surface area contributed by atoms with Gasteiger partial charge in [0, 0.05) is 17.8 Å². The molecular formula is C12H8ClF2NO. The summed E-state index contributed by atoms with van der Waals surface area (Å²) in [6.45, 7) is 1.73. The molecule has 2 rings (SSSR count). The van der Waals surface area contributed by atoms with Gasteiger partial charge in [-0.3, -0.25) is 0 Å². The van der Waals surface area contributed by atoms with Gasteiger partial charge >= 0.3 is 0 Å². The number of aryl methyl sites for hydroxylation is 1. The number of hydrogen-bond donors (Lipinski definition) is 0. The van der Waals surface area contributed by atoms with Gasteiger partial charge in [-0.1, -0.05) is 17.7 Å². The molecule has 0 aliphatic rings. The molecule has 0 aliphatic heterocycles. The predicted molar refractivity (Wildman–Crippen MR) is 60.4 cm³/mol. The van der Waals surface area contributed by atoms with Crippen molar-refractivity contribution in [1.29, 1.82) is 0 Å². The lowest BCUT2D eigenvalue weighted by Gasteiger charge is -2.09. The number of benzene rings is 1. The summed E-state index contributed by atoms with van der Waals surface area (Å²) in [7, 11) is 0. The summed E-state index contributed by atoms with van der Waals surface area (Å²) >= 11 is 5.70. The van der Waals surface area contributed by atoms with Crippen LogP contribution in [0.15, 0.2) is 30.5 Å².